The molecule has 0 N–H and O–H groups in total. The van der Waals surface area contributed by atoms with Crippen LogP contribution < -0.4 is 4.90 Å². The van der Waals surface area contributed by atoms with E-state index in [-0.39, 0.29) is 6.54 Å². The van der Waals surface area contributed by atoms with Gasteiger partial charge >= 0.3 is 0 Å². The number of nitrogens with zero attached hydrogens (tertiary/aromatic N) is 4. The fraction of sp³-hybridized carbons (Fsp3) is 0.111. The van der Waals surface area contributed by atoms with Gasteiger partial charge in [-0.05, 0) is 23.8 Å². The van der Waals surface area contributed by atoms with Crippen LogP contribution in [0.2, 0.25) is 0 Å². The van der Waals surface area contributed by atoms with Gasteiger partial charge in [-0.15, -0.1) is 5.10 Å². The molecule has 0 saturated heterocycles. The minimum absolute atomic E-state index is 0.216. The number of fused-ring (bicyclic) bond motifs is 1. The van der Waals surface area contributed by atoms with Crippen LogP contribution in [0.5, 0.6) is 0 Å². The van der Waals surface area contributed by atoms with Gasteiger partial charge in [0.15, 0.2) is 0 Å². The number of carbonyl (C=O) groups excluding carboxylic acids is 2. The summed E-state index contributed by atoms with van der Waals surface area (Å²) in [4.78, 5) is 25.9. The largest absolute Gasteiger partial charge is 0.299 e. The predicted molar refractivity (Wildman–Crippen MR) is 95.2 cm³/mol. The van der Waals surface area contributed by atoms with Crippen molar-refractivity contribution in [2.45, 2.75) is 13.1 Å². The summed E-state index contributed by atoms with van der Waals surface area (Å²) >= 11 is 3.33. The van der Waals surface area contributed by atoms with Gasteiger partial charge in [0.05, 0.1) is 30.5 Å². The summed E-state index contributed by atoms with van der Waals surface area (Å²) in [5.41, 5.74) is 2.77. The van der Waals surface area contributed by atoms with Crippen molar-refractivity contribution in [3.8, 4) is 0 Å². The molecule has 1 amide bonds. The minimum Gasteiger partial charge on any atom is -0.299 e. The number of hydrogen-bond acceptors (Lipinski definition) is 4. The summed E-state index contributed by atoms with van der Waals surface area (Å²) in [5.74, 6) is -1.03. The first kappa shape index (κ1) is 15.7. The number of amides is 1. The highest BCUT2D eigenvalue weighted by Gasteiger charge is 2.36. The number of Topliss-reactive ketones (excluding diaryl/α,β-unsaturated/α-hetero) is 1. The first-order chi connectivity index (χ1) is 12.1. The molecular formula is C18H13BrN4O2. The van der Waals surface area contributed by atoms with E-state index >= 15 is 0 Å². The molecule has 0 aliphatic carbocycles. The van der Waals surface area contributed by atoms with Crippen LogP contribution in [0.15, 0.2) is 59.2 Å². The van der Waals surface area contributed by atoms with Gasteiger partial charge in [0, 0.05) is 4.47 Å². The van der Waals surface area contributed by atoms with Gasteiger partial charge in [0.2, 0.25) is 0 Å². The molecule has 0 radical (unpaired) electrons. The second-order valence-electron chi connectivity index (χ2n) is 5.77. The lowest BCUT2D eigenvalue weighted by Gasteiger charge is -2.14. The Kier molecular flexibility index (Phi) is 3.93. The summed E-state index contributed by atoms with van der Waals surface area (Å²) in [7, 11) is 0. The van der Waals surface area contributed by atoms with Crippen molar-refractivity contribution in [2.24, 2.45) is 0 Å². The maximum absolute atomic E-state index is 12.3. The van der Waals surface area contributed by atoms with E-state index in [2.05, 4.69) is 26.2 Å². The predicted octanol–water partition coefficient (Wildman–Crippen LogP) is 2.82. The highest BCUT2D eigenvalue weighted by Crippen LogP contribution is 2.32. The summed E-state index contributed by atoms with van der Waals surface area (Å²) in [6.45, 7) is 0.818. The molecule has 1 aliphatic heterocycles. The number of benzene rings is 2. The van der Waals surface area contributed by atoms with E-state index in [1.807, 2.05) is 36.4 Å². The maximum Gasteiger partial charge on any atom is 0.299 e. The van der Waals surface area contributed by atoms with E-state index in [0.29, 0.717) is 23.5 Å². The molecule has 0 spiro atoms. The van der Waals surface area contributed by atoms with Gasteiger partial charge in [-0.1, -0.05) is 51.5 Å². The number of aromatic nitrogens is 3. The third kappa shape index (κ3) is 2.98. The molecule has 1 aromatic heterocycles. The van der Waals surface area contributed by atoms with Crippen LogP contribution in [0.3, 0.4) is 0 Å². The molecule has 1 aliphatic rings. The maximum atomic E-state index is 12.3. The minimum atomic E-state index is -0.536. The van der Waals surface area contributed by atoms with E-state index in [9.17, 15) is 9.59 Å². The topological polar surface area (TPSA) is 68.1 Å². The molecule has 25 heavy (non-hydrogen) atoms. The molecule has 0 fully saturated rings. The second kappa shape index (κ2) is 6.25. The zero-order chi connectivity index (χ0) is 17.4. The third-order valence-corrected chi connectivity index (χ3v) is 4.52. The number of carbonyl (C=O) groups is 2. The molecule has 0 atom stereocenters. The molecule has 124 valence electrons. The van der Waals surface area contributed by atoms with Crippen molar-refractivity contribution < 1.29 is 9.59 Å². The molecule has 3 aromatic rings. The normalized spacial score (nSPS) is 13.4. The summed E-state index contributed by atoms with van der Waals surface area (Å²) < 4.78 is 2.48. The fourth-order valence-corrected chi connectivity index (χ4v) is 3.21. The van der Waals surface area contributed by atoms with Gasteiger partial charge in [0.1, 0.15) is 5.69 Å². The third-order valence-electron chi connectivity index (χ3n) is 4.03. The molecular weight excluding hydrogens is 384 g/mol. The Bertz CT molecular complexity index is 968. The van der Waals surface area contributed by atoms with Crippen LogP contribution >= 0.6 is 15.9 Å². The van der Waals surface area contributed by atoms with Crippen molar-refractivity contribution >= 4 is 33.3 Å². The van der Waals surface area contributed by atoms with E-state index in [1.165, 1.54) is 4.90 Å². The zero-order valence-corrected chi connectivity index (χ0v) is 14.7. The highest BCUT2D eigenvalue weighted by molar-refractivity contribution is 9.10. The Hall–Kier alpha value is -2.80. The average Bonchev–Trinajstić information content (AvgIpc) is 3.15. The molecule has 0 bridgehead atoms. The first-order valence-corrected chi connectivity index (χ1v) is 8.50. The highest BCUT2D eigenvalue weighted by atomic mass is 79.9. The van der Waals surface area contributed by atoms with Gasteiger partial charge in [-0.25, -0.2) is 4.68 Å². The monoisotopic (exact) mass is 396 g/mol. The van der Waals surface area contributed by atoms with Crippen LogP contribution in [0.25, 0.3) is 0 Å². The van der Waals surface area contributed by atoms with Crippen LogP contribution in [0.1, 0.15) is 21.6 Å². The van der Waals surface area contributed by atoms with Crippen molar-refractivity contribution in [1.82, 2.24) is 15.0 Å². The van der Waals surface area contributed by atoms with Crippen molar-refractivity contribution in [2.75, 3.05) is 4.90 Å². The average molecular weight is 397 g/mol. The lowest BCUT2D eigenvalue weighted by Crippen LogP contribution is -2.29. The zero-order valence-electron chi connectivity index (χ0n) is 13.1. The van der Waals surface area contributed by atoms with E-state index in [4.69, 9.17) is 0 Å². The second-order valence-corrected chi connectivity index (χ2v) is 6.69. The Morgan fingerprint density at radius 1 is 1.00 bits per heavy atom. The molecule has 0 unspecified atom stereocenters. The summed E-state index contributed by atoms with van der Waals surface area (Å²) in [6, 6.07) is 15.2. The molecule has 2 aromatic carbocycles. The molecule has 0 saturated carbocycles. The van der Waals surface area contributed by atoms with Crippen molar-refractivity contribution in [1.29, 1.82) is 0 Å². The van der Waals surface area contributed by atoms with Crippen LogP contribution in [-0.2, 0) is 17.9 Å². The van der Waals surface area contributed by atoms with Crippen molar-refractivity contribution in [3.63, 3.8) is 0 Å². The molecule has 6 nitrogen and oxygen atoms in total. The molecule has 4 rings (SSSR count). The standard InChI is InChI=1S/C18H13BrN4O2/c19-13-6-7-16-15(8-13)17(24)18(25)23(16)11-14-10-22(21-20-14)9-12-4-2-1-3-5-12/h1-8,10H,9,11H2. The molecule has 2 heterocycles. The SMILES string of the molecule is O=C1C(=O)N(Cc2cn(Cc3ccccc3)nn2)c2ccc(Br)cc21. The number of ketones is 1. The van der Waals surface area contributed by atoms with Gasteiger partial charge < -0.3 is 0 Å². The van der Waals surface area contributed by atoms with Crippen LogP contribution in [-0.4, -0.2) is 26.7 Å². The van der Waals surface area contributed by atoms with E-state index < -0.39 is 11.7 Å². The van der Waals surface area contributed by atoms with Gasteiger partial charge in [0.25, 0.3) is 11.7 Å². The van der Waals surface area contributed by atoms with Gasteiger partial charge in [-0.2, -0.15) is 0 Å². The Morgan fingerprint density at radius 3 is 2.60 bits per heavy atom. The number of rotatable bonds is 4. The van der Waals surface area contributed by atoms with Crippen LogP contribution in [0, 0.1) is 0 Å². The number of halogens is 1. The number of anilines is 1. The Morgan fingerprint density at radius 2 is 1.80 bits per heavy atom. The van der Waals surface area contributed by atoms with Crippen molar-refractivity contribution in [3.05, 3.63) is 76.0 Å². The lowest BCUT2D eigenvalue weighted by molar-refractivity contribution is -0.114. The van der Waals surface area contributed by atoms with E-state index in [0.717, 1.165) is 10.0 Å². The first-order valence-electron chi connectivity index (χ1n) is 7.70. The quantitative estimate of drug-likeness (QED) is 0.635. The Labute approximate surface area is 152 Å². The van der Waals surface area contributed by atoms with E-state index in [1.54, 1.807) is 23.0 Å². The molecule has 7 heteroatoms. The fourth-order valence-electron chi connectivity index (χ4n) is 2.85. The smallest absolute Gasteiger partial charge is 0.299 e. The van der Waals surface area contributed by atoms with Gasteiger partial charge in [-0.3, -0.25) is 14.5 Å². The summed E-state index contributed by atoms with van der Waals surface area (Å²) in [6.07, 6.45) is 1.79. The Balaban J connectivity index is 1.55. The number of hydrogen-bond donors (Lipinski definition) is 0. The van der Waals surface area contributed by atoms with Crippen LogP contribution in [0.4, 0.5) is 5.69 Å². The summed E-state index contributed by atoms with van der Waals surface area (Å²) in [5, 5.41) is 8.23. The lowest BCUT2D eigenvalue weighted by atomic mass is 10.1.